The minimum Gasteiger partial charge on any atom is -0.195 e. The zero-order chi connectivity index (χ0) is 12.5. The predicted molar refractivity (Wildman–Crippen MR) is 70.9 cm³/mol. The highest BCUT2D eigenvalue weighted by Crippen LogP contribution is 2.25. The van der Waals surface area contributed by atoms with Gasteiger partial charge in [-0.25, -0.2) is 0 Å². The molecule has 0 fully saturated rings. The van der Waals surface area contributed by atoms with Crippen molar-refractivity contribution in [3.05, 3.63) is 48.3 Å². The zero-order valence-electron chi connectivity index (χ0n) is 9.79. The number of fused-ring (bicyclic) bond motifs is 1. The molecular formula is C13H11ClN4. The summed E-state index contributed by atoms with van der Waals surface area (Å²) in [5.74, 6) is 0.646. The summed E-state index contributed by atoms with van der Waals surface area (Å²) < 4.78 is 1.69. The van der Waals surface area contributed by atoms with Gasteiger partial charge in [-0.15, -0.1) is 16.7 Å². The molecule has 0 aliphatic rings. The van der Waals surface area contributed by atoms with E-state index in [1.165, 1.54) is 0 Å². The van der Waals surface area contributed by atoms with E-state index in [1.807, 2.05) is 31.2 Å². The Morgan fingerprint density at radius 1 is 1.11 bits per heavy atom. The predicted octanol–water partition coefficient (Wildman–Crippen LogP) is 3.12. The molecule has 0 N–H and O–H groups in total. The normalized spacial score (nSPS) is 12.8. The Morgan fingerprint density at radius 2 is 1.89 bits per heavy atom. The molecule has 3 rings (SSSR count). The van der Waals surface area contributed by atoms with Crippen molar-refractivity contribution in [1.29, 1.82) is 0 Å². The van der Waals surface area contributed by atoms with E-state index in [9.17, 15) is 0 Å². The first-order valence-corrected chi connectivity index (χ1v) is 6.11. The lowest BCUT2D eigenvalue weighted by Gasteiger charge is -2.08. The zero-order valence-corrected chi connectivity index (χ0v) is 10.5. The molecule has 0 radical (unpaired) electrons. The van der Waals surface area contributed by atoms with E-state index >= 15 is 0 Å². The molecule has 0 saturated carbocycles. The number of alkyl halides is 1. The van der Waals surface area contributed by atoms with Crippen molar-refractivity contribution in [1.82, 2.24) is 20.2 Å². The van der Waals surface area contributed by atoms with Gasteiger partial charge in [0.25, 0.3) is 0 Å². The summed E-state index contributed by atoms with van der Waals surface area (Å²) in [5, 5.41) is 13.7. The van der Waals surface area contributed by atoms with Crippen molar-refractivity contribution in [2.24, 2.45) is 0 Å². The van der Waals surface area contributed by atoms with E-state index in [0.29, 0.717) is 5.82 Å². The summed E-state index contributed by atoms with van der Waals surface area (Å²) in [6.45, 7) is 1.86. The van der Waals surface area contributed by atoms with Crippen LogP contribution in [0.5, 0.6) is 0 Å². The number of halogens is 1. The second kappa shape index (κ2) is 4.38. The Labute approximate surface area is 109 Å². The molecule has 0 saturated heterocycles. The molecule has 0 aliphatic heterocycles. The second-order valence-corrected chi connectivity index (χ2v) is 4.72. The van der Waals surface area contributed by atoms with Gasteiger partial charge in [0.15, 0.2) is 5.82 Å². The smallest absolute Gasteiger partial charge is 0.174 e. The molecule has 1 aromatic heterocycles. The molecule has 1 atom stereocenters. The average Bonchev–Trinajstić information content (AvgIpc) is 2.87. The van der Waals surface area contributed by atoms with Crippen LogP contribution in [0.1, 0.15) is 18.1 Å². The van der Waals surface area contributed by atoms with Crippen LogP contribution < -0.4 is 0 Å². The highest BCUT2D eigenvalue weighted by atomic mass is 35.5. The van der Waals surface area contributed by atoms with Crippen LogP contribution in [0.15, 0.2) is 42.5 Å². The van der Waals surface area contributed by atoms with Crippen molar-refractivity contribution < 1.29 is 0 Å². The van der Waals surface area contributed by atoms with Gasteiger partial charge < -0.3 is 0 Å². The number of hydrogen-bond donors (Lipinski definition) is 0. The Bertz CT molecular complexity index is 685. The number of rotatable bonds is 2. The largest absolute Gasteiger partial charge is 0.195 e. The molecule has 0 spiro atoms. The molecule has 0 aliphatic carbocycles. The average molecular weight is 259 g/mol. The number of tetrazole rings is 1. The van der Waals surface area contributed by atoms with Crippen LogP contribution in [0.3, 0.4) is 0 Å². The van der Waals surface area contributed by atoms with Crippen LogP contribution in [-0.4, -0.2) is 20.2 Å². The minimum atomic E-state index is -0.237. The van der Waals surface area contributed by atoms with Crippen molar-refractivity contribution in [2.75, 3.05) is 0 Å². The molecule has 18 heavy (non-hydrogen) atoms. The highest BCUT2D eigenvalue weighted by molar-refractivity contribution is 6.20. The second-order valence-electron chi connectivity index (χ2n) is 4.06. The van der Waals surface area contributed by atoms with E-state index in [-0.39, 0.29) is 5.38 Å². The Balaban J connectivity index is 2.28. The number of benzene rings is 2. The van der Waals surface area contributed by atoms with Gasteiger partial charge in [-0.2, -0.15) is 4.68 Å². The minimum absolute atomic E-state index is 0.237. The molecule has 5 heteroatoms. The van der Waals surface area contributed by atoms with Gasteiger partial charge in [0, 0.05) is 5.39 Å². The van der Waals surface area contributed by atoms with Crippen LogP contribution in [0, 0.1) is 0 Å². The van der Waals surface area contributed by atoms with Crippen LogP contribution in [0.25, 0.3) is 16.5 Å². The van der Waals surface area contributed by atoms with Gasteiger partial charge in [-0.3, -0.25) is 0 Å². The first kappa shape index (κ1) is 11.2. The fourth-order valence-corrected chi connectivity index (χ4v) is 2.14. The van der Waals surface area contributed by atoms with Crippen LogP contribution in [0.2, 0.25) is 0 Å². The van der Waals surface area contributed by atoms with Crippen molar-refractivity contribution in [2.45, 2.75) is 12.3 Å². The lowest BCUT2D eigenvalue weighted by molar-refractivity contribution is 0.765. The third-order valence-corrected chi connectivity index (χ3v) is 3.04. The quantitative estimate of drug-likeness (QED) is 0.664. The molecule has 0 amide bonds. The lowest BCUT2D eigenvalue weighted by atomic mass is 10.1. The van der Waals surface area contributed by atoms with Gasteiger partial charge in [0.2, 0.25) is 0 Å². The topological polar surface area (TPSA) is 43.6 Å². The first-order valence-electron chi connectivity index (χ1n) is 5.68. The van der Waals surface area contributed by atoms with Crippen molar-refractivity contribution in [3.63, 3.8) is 0 Å². The first-order chi connectivity index (χ1) is 8.77. The lowest BCUT2D eigenvalue weighted by Crippen LogP contribution is -2.04. The summed E-state index contributed by atoms with van der Waals surface area (Å²) in [6.07, 6.45) is 0. The van der Waals surface area contributed by atoms with E-state index in [2.05, 4.69) is 33.7 Å². The fraction of sp³-hybridized carbons (Fsp3) is 0.154. The van der Waals surface area contributed by atoms with Gasteiger partial charge >= 0.3 is 0 Å². The van der Waals surface area contributed by atoms with Crippen molar-refractivity contribution in [3.8, 4) is 5.69 Å². The van der Waals surface area contributed by atoms with Crippen LogP contribution in [-0.2, 0) is 0 Å². The van der Waals surface area contributed by atoms with Gasteiger partial charge in [-0.1, -0.05) is 36.4 Å². The molecular weight excluding hydrogens is 248 g/mol. The van der Waals surface area contributed by atoms with Crippen molar-refractivity contribution >= 4 is 22.4 Å². The SMILES string of the molecule is CC(Cl)c1nnnn1-c1cccc2ccccc12. The van der Waals surface area contributed by atoms with Gasteiger partial charge in [0.05, 0.1) is 11.1 Å². The summed E-state index contributed by atoms with van der Waals surface area (Å²) in [7, 11) is 0. The van der Waals surface area contributed by atoms with E-state index < -0.39 is 0 Å². The molecule has 4 nitrogen and oxygen atoms in total. The third kappa shape index (κ3) is 1.75. The molecule has 1 heterocycles. The van der Waals surface area contributed by atoms with E-state index in [4.69, 9.17) is 11.6 Å². The standard InChI is InChI=1S/C13H11ClN4/c1-9(14)13-15-16-17-18(13)12-8-4-6-10-5-2-3-7-11(10)12/h2-9H,1H3. The van der Waals surface area contributed by atoms with Gasteiger partial charge in [0.1, 0.15) is 0 Å². The molecule has 2 aromatic carbocycles. The fourth-order valence-electron chi connectivity index (χ4n) is 2.01. The summed E-state index contributed by atoms with van der Waals surface area (Å²) >= 11 is 6.09. The maximum absolute atomic E-state index is 6.09. The molecule has 90 valence electrons. The number of hydrogen-bond acceptors (Lipinski definition) is 3. The Hall–Kier alpha value is -1.94. The maximum Gasteiger partial charge on any atom is 0.174 e. The van der Waals surface area contributed by atoms with Gasteiger partial charge in [-0.05, 0) is 28.8 Å². The maximum atomic E-state index is 6.09. The van der Waals surface area contributed by atoms with Crippen LogP contribution in [0.4, 0.5) is 0 Å². The number of nitrogens with zero attached hydrogens (tertiary/aromatic N) is 4. The molecule has 1 unspecified atom stereocenters. The monoisotopic (exact) mass is 258 g/mol. The molecule has 3 aromatic rings. The van der Waals surface area contributed by atoms with Crippen LogP contribution >= 0.6 is 11.6 Å². The van der Waals surface area contributed by atoms with E-state index in [0.717, 1.165) is 16.5 Å². The Morgan fingerprint density at radius 3 is 2.72 bits per heavy atom. The van der Waals surface area contributed by atoms with E-state index in [1.54, 1.807) is 4.68 Å². The summed E-state index contributed by atoms with van der Waals surface area (Å²) in [4.78, 5) is 0. The summed E-state index contributed by atoms with van der Waals surface area (Å²) in [5.41, 5.74) is 0.945. The molecule has 0 bridgehead atoms. The summed E-state index contributed by atoms with van der Waals surface area (Å²) in [6, 6.07) is 14.2. The Kier molecular flexibility index (Phi) is 2.72. The number of aromatic nitrogens is 4. The third-order valence-electron chi connectivity index (χ3n) is 2.84. The highest BCUT2D eigenvalue weighted by Gasteiger charge is 2.14.